The van der Waals surface area contributed by atoms with Crippen molar-refractivity contribution in [1.29, 1.82) is 0 Å². The van der Waals surface area contributed by atoms with Gasteiger partial charge in [-0.1, -0.05) is 44.9 Å². The van der Waals surface area contributed by atoms with Crippen molar-refractivity contribution < 1.29 is 5.11 Å². The first-order chi connectivity index (χ1) is 20.7. The fraction of sp³-hybridized carbons (Fsp3) is 1.00. The molecule has 4 saturated carbocycles. The molecule has 0 aromatic heterocycles. The zero-order chi connectivity index (χ0) is 27.8. The predicted molar refractivity (Wildman–Crippen MR) is 163 cm³/mol. The molecule has 8 bridgehead atoms. The van der Waals surface area contributed by atoms with Crippen molar-refractivity contribution in [1.82, 2.24) is 42.5 Å². The van der Waals surface area contributed by atoms with Crippen LogP contribution in [0.1, 0.15) is 96.3 Å². The van der Waals surface area contributed by atoms with Gasteiger partial charge in [-0.2, -0.15) is 0 Å². The molecule has 0 aromatic carbocycles. The van der Waals surface area contributed by atoms with Gasteiger partial charge in [0.2, 0.25) is 0 Å². The summed E-state index contributed by atoms with van der Waals surface area (Å²) in [7, 11) is 0. The Kier molecular flexibility index (Phi) is 7.62. The number of hydrogen-bond acceptors (Lipinski definition) is 9. The van der Waals surface area contributed by atoms with Crippen LogP contribution in [0.2, 0.25) is 0 Å². The van der Waals surface area contributed by atoms with Crippen molar-refractivity contribution in [3.63, 3.8) is 0 Å². The van der Waals surface area contributed by atoms with Crippen molar-refractivity contribution in [3.05, 3.63) is 0 Å². The number of aliphatic hydroxyl groups excluding tert-OH is 1. The summed E-state index contributed by atoms with van der Waals surface area (Å²) in [5, 5.41) is 44.1. The van der Waals surface area contributed by atoms with Gasteiger partial charge in [-0.25, -0.2) is 0 Å². The van der Waals surface area contributed by atoms with E-state index in [0.717, 1.165) is 12.3 Å². The molecule has 9 aliphatic rings. The third kappa shape index (κ3) is 4.66. The normalized spacial score (nSPS) is 57.2. The van der Waals surface area contributed by atoms with Gasteiger partial charge in [0.25, 0.3) is 0 Å². The molecule has 4 aliphatic carbocycles. The summed E-state index contributed by atoms with van der Waals surface area (Å²) in [6.07, 6.45) is 22.6. The minimum absolute atomic E-state index is 0.242. The monoisotopic (exact) mass is 582 g/mol. The first-order valence-electron chi connectivity index (χ1n) is 18.4. The summed E-state index contributed by atoms with van der Waals surface area (Å²) in [5.41, 5.74) is 0. The molecule has 5 aliphatic heterocycles. The molecule has 5 saturated heterocycles. The Morgan fingerprint density at radius 2 is 0.619 bits per heavy atom. The Bertz CT molecular complexity index is 968. The lowest BCUT2D eigenvalue weighted by Gasteiger charge is -2.38. The molecule has 17 atom stereocenters. The van der Waals surface area contributed by atoms with E-state index in [4.69, 9.17) is 0 Å². The fourth-order valence-corrected chi connectivity index (χ4v) is 12.4. The zero-order valence-electron chi connectivity index (χ0n) is 25.6. The molecule has 9 fully saturated rings. The lowest BCUT2D eigenvalue weighted by molar-refractivity contribution is 0.0761. The van der Waals surface area contributed by atoms with Crippen molar-refractivity contribution in [2.75, 3.05) is 6.61 Å². The molecule has 17 unspecified atom stereocenters. The first-order valence-corrected chi connectivity index (χ1v) is 18.4. The molecule has 9 N–H and O–H groups in total. The van der Waals surface area contributed by atoms with Gasteiger partial charge in [0.1, 0.15) is 0 Å². The smallest absolute Gasteiger partial charge is 0.0632 e. The van der Waals surface area contributed by atoms with E-state index in [-0.39, 0.29) is 6.17 Å². The van der Waals surface area contributed by atoms with Crippen LogP contribution in [0.25, 0.3) is 0 Å². The van der Waals surface area contributed by atoms with Gasteiger partial charge in [0, 0.05) is 6.61 Å². The number of rotatable bonds is 1. The average molecular weight is 583 g/mol. The Hall–Kier alpha value is -0.360. The number of fused-ring (bicyclic) bond motifs is 20. The van der Waals surface area contributed by atoms with Gasteiger partial charge in [-0.3, -0.25) is 42.5 Å². The number of nitrogens with one attached hydrogen (secondary N) is 8. The molecular formula is C33H58N8O. The summed E-state index contributed by atoms with van der Waals surface area (Å²) < 4.78 is 0. The van der Waals surface area contributed by atoms with Crippen LogP contribution in [-0.4, -0.2) is 61.0 Å². The van der Waals surface area contributed by atoms with Crippen LogP contribution >= 0.6 is 0 Å². The molecule has 5 heterocycles. The Morgan fingerprint density at radius 1 is 0.333 bits per heavy atom. The van der Waals surface area contributed by atoms with E-state index in [0.29, 0.717) is 97.1 Å². The minimum Gasteiger partial charge on any atom is -0.396 e. The summed E-state index contributed by atoms with van der Waals surface area (Å²) >= 11 is 0. The molecule has 9 nitrogen and oxygen atoms in total. The van der Waals surface area contributed by atoms with Crippen LogP contribution < -0.4 is 42.5 Å². The molecule has 42 heavy (non-hydrogen) atoms. The van der Waals surface area contributed by atoms with Crippen LogP contribution in [-0.2, 0) is 0 Å². The third-order valence-electron chi connectivity index (χ3n) is 14.3. The van der Waals surface area contributed by atoms with Crippen molar-refractivity contribution in [2.24, 2.45) is 53.3 Å². The van der Waals surface area contributed by atoms with E-state index in [1.54, 1.807) is 0 Å². The number of hydrogen-bond donors (Lipinski definition) is 9. The average Bonchev–Trinajstić information content (AvgIpc) is 3.76. The van der Waals surface area contributed by atoms with Gasteiger partial charge >= 0.3 is 0 Å². The van der Waals surface area contributed by atoms with Crippen LogP contribution in [0.5, 0.6) is 0 Å². The van der Waals surface area contributed by atoms with E-state index in [9.17, 15) is 5.11 Å². The third-order valence-corrected chi connectivity index (χ3v) is 14.3. The second-order valence-electron chi connectivity index (χ2n) is 16.1. The zero-order valence-corrected chi connectivity index (χ0v) is 25.6. The fourth-order valence-electron chi connectivity index (χ4n) is 12.4. The van der Waals surface area contributed by atoms with Crippen molar-refractivity contribution in [2.45, 2.75) is 146 Å². The SMILES string of the molecule is OCC1CCCC2C3NC4NC(NC5NC(NC6NC(NC(N3)C12)C1CCCCC61)C1CCCCC51)C1CCCCC41. The minimum atomic E-state index is 0.242. The quantitative estimate of drug-likeness (QED) is 0.228. The Balaban J connectivity index is 1.06. The number of aliphatic hydroxyl groups is 1. The largest absolute Gasteiger partial charge is 0.396 e. The summed E-state index contributed by atoms with van der Waals surface area (Å²) in [4.78, 5) is 0. The van der Waals surface area contributed by atoms with Gasteiger partial charge in [-0.05, 0) is 105 Å². The molecule has 236 valence electrons. The highest BCUT2D eigenvalue weighted by Crippen LogP contribution is 2.46. The van der Waals surface area contributed by atoms with Crippen LogP contribution in [0.3, 0.4) is 0 Å². The van der Waals surface area contributed by atoms with Gasteiger partial charge < -0.3 is 5.11 Å². The maximum atomic E-state index is 10.5. The van der Waals surface area contributed by atoms with E-state index < -0.39 is 0 Å². The lowest BCUT2D eigenvalue weighted by atomic mass is 9.71. The first kappa shape index (κ1) is 27.9. The second kappa shape index (κ2) is 11.5. The highest BCUT2D eigenvalue weighted by molar-refractivity contribution is 5.09. The lowest BCUT2D eigenvalue weighted by Crippen LogP contribution is -2.61. The molecule has 0 amide bonds. The van der Waals surface area contributed by atoms with E-state index in [2.05, 4.69) is 42.5 Å². The van der Waals surface area contributed by atoms with Crippen molar-refractivity contribution >= 4 is 0 Å². The van der Waals surface area contributed by atoms with Crippen LogP contribution in [0, 0.1) is 53.3 Å². The maximum absolute atomic E-state index is 10.5. The van der Waals surface area contributed by atoms with Gasteiger partial charge in [0.05, 0.1) is 49.3 Å². The molecule has 0 spiro atoms. The van der Waals surface area contributed by atoms with E-state index >= 15 is 0 Å². The van der Waals surface area contributed by atoms with Crippen LogP contribution in [0.15, 0.2) is 0 Å². The molecule has 9 rings (SSSR count). The summed E-state index contributed by atoms with van der Waals surface area (Å²) in [5.74, 6) is 5.62. The van der Waals surface area contributed by atoms with Gasteiger partial charge in [-0.15, -0.1) is 0 Å². The topological polar surface area (TPSA) is 116 Å². The van der Waals surface area contributed by atoms with Crippen molar-refractivity contribution in [3.8, 4) is 0 Å². The Morgan fingerprint density at radius 3 is 0.952 bits per heavy atom. The molecular weight excluding hydrogens is 524 g/mol. The van der Waals surface area contributed by atoms with Crippen LogP contribution in [0.4, 0.5) is 0 Å². The Labute approximate surface area is 253 Å². The highest BCUT2D eigenvalue weighted by atomic mass is 16.3. The molecule has 0 radical (unpaired) electrons. The molecule has 9 heteroatoms. The second-order valence-corrected chi connectivity index (χ2v) is 16.1. The molecule has 0 aromatic rings. The predicted octanol–water partition coefficient (Wildman–Crippen LogP) is 1.82. The van der Waals surface area contributed by atoms with E-state index in [1.165, 1.54) is 89.9 Å². The maximum Gasteiger partial charge on any atom is 0.0632 e. The highest BCUT2D eigenvalue weighted by Gasteiger charge is 2.55. The summed E-state index contributed by atoms with van der Waals surface area (Å²) in [6.45, 7) is 0.317. The van der Waals surface area contributed by atoms with E-state index in [1.807, 2.05) is 0 Å². The van der Waals surface area contributed by atoms with Gasteiger partial charge in [0.15, 0.2) is 0 Å². The standard InChI is InChI=1S/C33H58N8O/c42-16-17-8-7-15-24-25(17)33-40-31-23-14-6-5-13-22(23)29(38-31)36-27-19-10-2-1-9-18(19)26(34-27)35-28-20-11-3-4-12-21(20)30(37-28)39-32(24)41-33/h17-42H,1-16H2. The summed E-state index contributed by atoms with van der Waals surface area (Å²) in [6, 6.07) is 0.